The molecule has 0 radical (unpaired) electrons. The zero-order chi connectivity index (χ0) is 12.8. The Morgan fingerprint density at radius 1 is 1.29 bits per heavy atom. The van der Waals surface area contributed by atoms with Crippen LogP contribution in [0.5, 0.6) is 0 Å². The predicted octanol–water partition coefficient (Wildman–Crippen LogP) is 0.821. The summed E-state index contributed by atoms with van der Waals surface area (Å²) in [6.07, 6.45) is -2.50. The van der Waals surface area contributed by atoms with Gasteiger partial charge in [-0.3, -0.25) is 9.69 Å². The number of rotatable bonds is 6. The van der Waals surface area contributed by atoms with Crippen LogP contribution in [-0.4, -0.2) is 30.3 Å². The highest BCUT2D eigenvalue weighted by Crippen LogP contribution is 2.09. The third-order valence-corrected chi connectivity index (χ3v) is 2.16. The van der Waals surface area contributed by atoms with Gasteiger partial charge in [0.15, 0.2) is 0 Å². The first kappa shape index (κ1) is 13.4. The SMILES string of the molecule is NC(=O)CN(Cc1ccc(N)cc1)CC(F)F. The Bertz CT molecular complexity index is 367. The van der Waals surface area contributed by atoms with Gasteiger partial charge in [0.2, 0.25) is 5.91 Å². The van der Waals surface area contributed by atoms with Crippen LogP contribution in [0.25, 0.3) is 0 Å². The number of halogens is 2. The maximum atomic E-state index is 12.3. The Morgan fingerprint density at radius 3 is 2.35 bits per heavy atom. The number of nitrogens with zero attached hydrogens (tertiary/aromatic N) is 1. The molecule has 0 bridgehead atoms. The first-order chi connectivity index (χ1) is 7.97. The van der Waals surface area contributed by atoms with Crippen molar-refractivity contribution in [1.29, 1.82) is 0 Å². The van der Waals surface area contributed by atoms with E-state index in [9.17, 15) is 13.6 Å². The lowest BCUT2D eigenvalue weighted by Gasteiger charge is -2.20. The van der Waals surface area contributed by atoms with E-state index in [0.29, 0.717) is 5.69 Å². The number of nitrogen functional groups attached to an aromatic ring is 1. The first-order valence-electron chi connectivity index (χ1n) is 5.10. The number of alkyl halides is 2. The number of hydrogen-bond acceptors (Lipinski definition) is 3. The molecule has 4 N–H and O–H groups in total. The summed E-state index contributed by atoms with van der Waals surface area (Å²) in [6, 6.07) is 6.82. The van der Waals surface area contributed by atoms with Crippen LogP contribution >= 0.6 is 0 Å². The summed E-state index contributed by atoms with van der Waals surface area (Å²) in [6.45, 7) is -0.421. The number of amides is 1. The molecule has 0 atom stereocenters. The van der Waals surface area contributed by atoms with E-state index in [1.165, 1.54) is 4.90 Å². The highest BCUT2D eigenvalue weighted by atomic mass is 19.3. The summed E-state index contributed by atoms with van der Waals surface area (Å²) < 4.78 is 24.6. The molecule has 0 saturated heterocycles. The minimum absolute atomic E-state index is 0.186. The molecule has 1 rings (SSSR count). The van der Waals surface area contributed by atoms with Crippen molar-refractivity contribution in [2.45, 2.75) is 13.0 Å². The third kappa shape index (κ3) is 5.26. The fourth-order valence-corrected chi connectivity index (χ4v) is 1.48. The van der Waals surface area contributed by atoms with Gasteiger partial charge in [-0.15, -0.1) is 0 Å². The molecule has 94 valence electrons. The van der Waals surface area contributed by atoms with Crippen molar-refractivity contribution in [3.8, 4) is 0 Å². The number of primary amides is 1. The lowest BCUT2D eigenvalue weighted by Crippen LogP contribution is -2.36. The van der Waals surface area contributed by atoms with Crippen LogP contribution in [0, 0.1) is 0 Å². The standard InChI is InChI=1S/C11H15F2N3O/c12-10(13)6-16(7-11(15)17)5-8-1-3-9(14)4-2-8/h1-4,10H,5-7,14H2,(H2,15,17). The molecule has 0 heterocycles. The lowest BCUT2D eigenvalue weighted by atomic mass is 10.2. The molecule has 6 heteroatoms. The molecule has 0 fully saturated rings. The zero-order valence-electron chi connectivity index (χ0n) is 9.27. The lowest BCUT2D eigenvalue weighted by molar-refractivity contribution is -0.119. The Morgan fingerprint density at radius 2 is 1.88 bits per heavy atom. The largest absolute Gasteiger partial charge is 0.399 e. The van der Waals surface area contributed by atoms with Crippen LogP contribution in [-0.2, 0) is 11.3 Å². The van der Waals surface area contributed by atoms with Crippen molar-refractivity contribution in [2.24, 2.45) is 5.73 Å². The minimum Gasteiger partial charge on any atom is -0.399 e. The summed E-state index contributed by atoms with van der Waals surface area (Å²) in [5.41, 5.74) is 11.9. The fraction of sp³-hybridized carbons (Fsp3) is 0.364. The number of benzene rings is 1. The first-order valence-corrected chi connectivity index (χ1v) is 5.10. The molecule has 17 heavy (non-hydrogen) atoms. The van der Waals surface area contributed by atoms with Crippen molar-refractivity contribution >= 4 is 11.6 Å². The maximum absolute atomic E-state index is 12.3. The second-order valence-electron chi connectivity index (χ2n) is 3.77. The van der Waals surface area contributed by atoms with Crippen LogP contribution < -0.4 is 11.5 Å². The fourth-order valence-electron chi connectivity index (χ4n) is 1.48. The third-order valence-electron chi connectivity index (χ3n) is 2.16. The molecule has 0 saturated carbocycles. The van der Waals surface area contributed by atoms with Crippen LogP contribution in [0.2, 0.25) is 0 Å². The van der Waals surface area contributed by atoms with Gasteiger partial charge in [0.1, 0.15) is 0 Å². The topological polar surface area (TPSA) is 72.4 Å². The highest BCUT2D eigenvalue weighted by molar-refractivity contribution is 5.75. The van der Waals surface area contributed by atoms with Gasteiger partial charge in [-0.05, 0) is 17.7 Å². The molecule has 1 amide bonds. The molecule has 0 aromatic heterocycles. The van der Waals surface area contributed by atoms with Gasteiger partial charge in [-0.25, -0.2) is 8.78 Å². The van der Waals surface area contributed by atoms with E-state index in [1.807, 2.05) is 0 Å². The minimum atomic E-state index is -2.50. The number of carbonyl (C=O) groups is 1. The summed E-state index contributed by atoms with van der Waals surface area (Å²) >= 11 is 0. The highest BCUT2D eigenvalue weighted by Gasteiger charge is 2.14. The molecule has 1 aromatic rings. The maximum Gasteiger partial charge on any atom is 0.251 e. The van der Waals surface area contributed by atoms with Crippen molar-refractivity contribution in [2.75, 3.05) is 18.8 Å². The normalized spacial score (nSPS) is 11.1. The van der Waals surface area contributed by atoms with Crippen LogP contribution in [0.1, 0.15) is 5.56 Å². The Kier molecular flexibility index (Phi) is 4.84. The molecule has 0 aliphatic heterocycles. The molecular formula is C11H15F2N3O. The van der Waals surface area contributed by atoms with Crippen LogP contribution in [0.4, 0.5) is 14.5 Å². The Labute approximate surface area is 98.2 Å². The second kappa shape index (κ2) is 6.15. The van der Waals surface area contributed by atoms with Gasteiger partial charge in [0.05, 0.1) is 13.1 Å². The van der Waals surface area contributed by atoms with Crippen molar-refractivity contribution < 1.29 is 13.6 Å². The van der Waals surface area contributed by atoms with Crippen molar-refractivity contribution in [1.82, 2.24) is 4.90 Å². The molecular weight excluding hydrogens is 228 g/mol. The van der Waals surface area contributed by atoms with E-state index >= 15 is 0 Å². The Balaban J connectivity index is 2.64. The van der Waals surface area contributed by atoms with E-state index in [2.05, 4.69) is 0 Å². The molecule has 0 unspecified atom stereocenters. The molecule has 4 nitrogen and oxygen atoms in total. The quantitative estimate of drug-likeness (QED) is 0.726. The number of hydrogen-bond donors (Lipinski definition) is 2. The van der Waals surface area contributed by atoms with E-state index in [-0.39, 0.29) is 13.1 Å². The van der Waals surface area contributed by atoms with E-state index in [4.69, 9.17) is 11.5 Å². The van der Waals surface area contributed by atoms with Crippen LogP contribution in [0.3, 0.4) is 0 Å². The van der Waals surface area contributed by atoms with Gasteiger partial charge in [-0.1, -0.05) is 12.1 Å². The second-order valence-corrected chi connectivity index (χ2v) is 3.77. The van der Waals surface area contributed by atoms with Gasteiger partial charge in [0, 0.05) is 12.2 Å². The van der Waals surface area contributed by atoms with E-state index < -0.39 is 18.9 Å². The summed E-state index contributed by atoms with van der Waals surface area (Å²) in [4.78, 5) is 12.1. The summed E-state index contributed by atoms with van der Waals surface area (Å²) in [5, 5.41) is 0. The average Bonchev–Trinajstić information content (AvgIpc) is 2.19. The van der Waals surface area contributed by atoms with Gasteiger partial charge in [-0.2, -0.15) is 0 Å². The van der Waals surface area contributed by atoms with E-state index in [0.717, 1.165) is 5.56 Å². The Hall–Kier alpha value is -1.69. The smallest absolute Gasteiger partial charge is 0.251 e. The van der Waals surface area contributed by atoms with Crippen molar-refractivity contribution in [3.05, 3.63) is 29.8 Å². The molecule has 0 aliphatic rings. The van der Waals surface area contributed by atoms with Gasteiger partial charge < -0.3 is 11.5 Å². The van der Waals surface area contributed by atoms with Gasteiger partial charge >= 0.3 is 0 Å². The van der Waals surface area contributed by atoms with Gasteiger partial charge in [0.25, 0.3) is 6.43 Å². The number of anilines is 1. The molecule has 0 spiro atoms. The molecule has 1 aromatic carbocycles. The predicted molar refractivity (Wildman–Crippen MR) is 61.3 cm³/mol. The summed E-state index contributed by atoms with van der Waals surface area (Å²) in [7, 11) is 0. The number of nitrogens with two attached hydrogens (primary N) is 2. The van der Waals surface area contributed by atoms with E-state index in [1.54, 1.807) is 24.3 Å². The zero-order valence-corrected chi connectivity index (χ0v) is 9.27. The molecule has 0 aliphatic carbocycles. The van der Waals surface area contributed by atoms with Crippen LogP contribution in [0.15, 0.2) is 24.3 Å². The summed E-state index contributed by atoms with van der Waals surface area (Å²) in [5.74, 6) is -0.624. The average molecular weight is 243 g/mol. The number of carbonyl (C=O) groups excluding carboxylic acids is 1. The monoisotopic (exact) mass is 243 g/mol. The van der Waals surface area contributed by atoms with Crippen molar-refractivity contribution in [3.63, 3.8) is 0 Å².